The highest BCUT2D eigenvalue weighted by molar-refractivity contribution is 5.93. The summed E-state index contributed by atoms with van der Waals surface area (Å²) in [5, 5.41) is 3.21. The van der Waals surface area contributed by atoms with E-state index < -0.39 is 0 Å². The lowest BCUT2D eigenvalue weighted by Gasteiger charge is -2.26. The molecule has 0 aliphatic rings. The fourth-order valence-electron chi connectivity index (χ4n) is 2.95. The molecule has 2 aromatic carbocycles. The van der Waals surface area contributed by atoms with Crippen LogP contribution in [-0.4, -0.2) is 26.8 Å². The number of carbonyl (C=O) groups excluding carboxylic acids is 1. The van der Waals surface area contributed by atoms with Gasteiger partial charge in [-0.05, 0) is 37.5 Å². The third kappa shape index (κ3) is 4.94. The Morgan fingerprint density at radius 2 is 1.64 bits per heavy atom. The van der Waals surface area contributed by atoms with Gasteiger partial charge in [-0.15, -0.1) is 0 Å². The zero-order chi connectivity index (χ0) is 19.9. The van der Waals surface area contributed by atoms with E-state index in [1.165, 1.54) is 11.1 Å². The first-order valence-electron chi connectivity index (χ1n) is 9.50. The fourth-order valence-corrected chi connectivity index (χ4v) is 2.95. The van der Waals surface area contributed by atoms with Crippen molar-refractivity contribution in [2.45, 2.75) is 39.9 Å². The average molecular weight is 374 g/mol. The first kappa shape index (κ1) is 19.5. The number of aryl methyl sites for hydroxylation is 1. The molecular weight excluding hydrogens is 348 g/mol. The predicted octanol–water partition coefficient (Wildman–Crippen LogP) is 4.45. The summed E-state index contributed by atoms with van der Waals surface area (Å²) in [6.45, 7) is 7.31. The van der Waals surface area contributed by atoms with Gasteiger partial charge in [-0.2, -0.15) is 0 Å². The molecule has 0 atom stereocenters. The van der Waals surface area contributed by atoms with E-state index in [0.717, 1.165) is 5.56 Å². The van der Waals surface area contributed by atoms with Crippen LogP contribution >= 0.6 is 0 Å². The maximum atomic E-state index is 13.0. The summed E-state index contributed by atoms with van der Waals surface area (Å²) in [7, 11) is 0. The van der Waals surface area contributed by atoms with E-state index in [-0.39, 0.29) is 11.9 Å². The lowest BCUT2D eigenvalue weighted by atomic mass is 10.1. The Labute approximate surface area is 166 Å². The Bertz CT molecular complexity index is 907. The number of nitrogens with one attached hydrogen (secondary N) is 1. The molecule has 144 valence electrons. The molecule has 0 spiro atoms. The van der Waals surface area contributed by atoms with Crippen LogP contribution in [0, 0.1) is 6.92 Å². The van der Waals surface area contributed by atoms with Crippen LogP contribution in [0.25, 0.3) is 0 Å². The molecule has 5 heteroatoms. The van der Waals surface area contributed by atoms with Crippen molar-refractivity contribution in [2.75, 3.05) is 5.32 Å². The van der Waals surface area contributed by atoms with Crippen molar-refractivity contribution in [1.82, 2.24) is 14.9 Å². The second kappa shape index (κ2) is 9.13. The van der Waals surface area contributed by atoms with Crippen LogP contribution in [0.15, 0.2) is 67.0 Å². The van der Waals surface area contributed by atoms with Gasteiger partial charge in [0.05, 0.1) is 5.56 Å². The zero-order valence-corrected chi connectivity index (χ0v) is 16.6. The van der Waals surface area contributed by atoms with Crippen LogP contribution in [-0.2, 0) is 13.1 Å². The van der Waals surface area contributed by atoms with Gasteiger partial charge in [0.15, 0.2) is 0 Å². The number of hydrogen-bond acceptors (Lipinski definition) is 4. The van der Waals surface area contributed by atoms with Crippen LogP contribution in [0.4, 0.5) is 5.95 Å². The molecule has 1 N–H and O–H groups in total. The molecule has 1 amide bonds. The van der Waals surface area contributed by atoms with E-state index in [1.54, 1.807) is 12.4 Å². The minimum Gasteiger partial charge on any atom is -0.350 e. The number of hydrogen-bond donors (Lipinski definition) is 1. The summed E-state index contributed by atoms with van der Waals surface area (Å²) in [5.41, 5.74) is 4.00. The number of rotatable bonds is 7. The smallest absolute Gasteiger partial charge is 0.257 e. The van der Waals surface area contributed by atoms with Gasteiger partial charge in [0.2, 0.25) is 5.95 Å². The third-order valence-electron chi connectivity index (χ3n) is 4.68. The first-order valence-corrected chi connectivity index (χ1v) is 9.50. The van der Waals surface area contributed by atoms with Gasteiger partial charge in [-0.1, -0.05) is 54.6 Å². The van der Waals surface area contributed by atoms with Crippen LogP contribution in [0.5, 0.6) is 0 Å². The summed E-state index contributed by atoms with van der Waals surface area (Å²) in [5.74, 6) is 0.447. The molecule has 3 rings (SSSR count). The summed E-state index contributed by atoms with van der Waals surface area (Å²) in [6, 6.07) is 18.2. The Morgan fingerprint density at radius 1 is 1.00 bits per heavy atom. The molecule has 1 aromatic heterocycles. The number of benzene rings is 2. The monoisotopic (exact) mass is 374 g/mol. The van der Waals surface area contributed by atoms with E-state index in [4.69, 9.17) is 0 Å². The number of aromatic nitrogens is 2. The van der Waals surface area contributed by atoms with Crippen molar-refractivity contribution in [3.63, 3.8) is 0 Å². The second-order valence-electron chi connectivity index (χ2n) is 7.09. The molecular formula is C23H26N4O. The van der Waals surface area contributed by atoms with Crippen molar-refractivity contribution in [3.05, 3.63) is 89.2 Å². The van der Waals surface area contributed by atoms with Gasteiger partial charge in [0, 0.05) is 31.5 Å². The molecule has 0 radical (unpaired) electrons. The highest BCUT2D eigenvalue weighted by atomic mass is 16.2. The van der Waals surface area contributed by atoms with Gasteiger partial charge in [0.25, 0.3) is 5.91 Å². The maximum Gasteiger partial charge on any atom is 0.257 e. The molecule has 1 heterocycles. The predicted molar refractivity (Wildman–Crippen MR) is 112 cm³/mol. The Balaban J connectivity index is 1.67. The summed E-state index contributed by atoms with van der Waals surface area (Å²) in [4.78, 5) is 23.4. The third-order valence-corrected chi connectivity index (χ3v) is 4.68. The standard InChI is InChI=1S/C23H26N4O/c1-17(2)27(16-19-10-5-4-6-11-19)22(28)21-14-25-23(26-15-21)24-13-20-12-8-7-9-18(20)3/h4-12,14-15,17H,13,16H2,1-3H3,(H,24,25,26). The van der Waals surface area contributed by atoms with Crippen molar-refractivity contribution < 1.29 is 4.79 Å². The topological polar surface area (TPSA) is 58.1 Å². The minimum absolute atomic E-state index is 0.0655. The van der Waals surface area contributed by atoms with Gasteiger partial charge in [-0.3, -0.25) is 4.79 Å². The normalized spacial score (nSPS) is 10.7. The van der Waals surface area contributed by atoms with Crippen LogP contribution in [0.1, 0.15) is 40.9 Å². The first-order chi connectivity index (χ1) is 13.5. The van der Waals surface area contributed by atoms with Gasteiger partial charge >= 0.3 is 0 Å². The van der Waals surface area contributed by atoms with Crippen molar-refractivity contribution in [3.8, 4) is 0 Å². The molecule has 5 nitrogen and oxygen atoms in total. The zero-order valence-electron chi connectivity index (χ0n) is 16.6. The number of nitrogens with zero attached hydrogens (tertiary/aromatic N) is 3. The summed E-state index contributed by atoms with van der Waals surface area (Å²) >= 11 is 0. The Hall–Kier alpha value is -3.21. The van der Waals surface area contributed by atoms with Gasteiger partial charge in [-0.25, -0.2) is 9.97 Å². The van der Waals surface area contributed by atoms with Gasteiger partial charge in [0.1, 0.15) is 0 Å². The largest absolute Gasteiger partial charge is 0.350 e. The fraction of sp³-hybridized carbons (Fsp3) is 0.261. The summed E-state index contributed by atoms with van der Waals surface area (Å²) in [6.07, 6.45) is 3.19. The van der Waals surface area contributed by atoms with Crippen LogP contribution in [0.3, 0.4) is 0 Å². The molecule has 3 aromatic rings. The van der Waals surface area contributed by atoms with Crippen molar-refractivity contribution >= 4 is 11.9 Å². The molecule has 0 fully saturated rings. The lowest BCUT2D eigenvalue weighted by molar-refractivity contribution is 0.0689. The molecule has 0 aliphatic heterocycles. The highest BCUT2D eigenvalue weighted by Crippen LogP contribution is 2.14. The molecule has 0 aliphatic carbocycles. The van der Waals surface area contributed by atoms with Crippen molar-refractivity contribution in [2.24, 2.45) is 0 Å². The molecule has 0 saturated heterocycles. The van der Waals surface area contributed by atoms with E-state index >= 15 is 0 Å². The highest BCUT2D eigenvalue weighted by Gasteiger charge is 2.20. The molecule has 0 bridgehead atoms. The SMILES string of the molecule is Cc1ccccc1CNc1ncc(C(=O)N(Cc2ccccc2)C(C)C)cn1. The van der Waals surface area contributed by atoms with E-state index in [9.17, 15) is 4.79 Å². The van der Waals surface area contributed by atoms with Crippen molar-refractivity contribution in [1.29, 1.82) is 0 Å². The minimum atomic E-state index is -0.0655. The molecule has 0 unspecified atom stereocenters. The molecule has 0 saturated carbocycles. The quantitative estimate of drug-likeness (QED) is 0.664. The second-order valence-corrected chi connectivity index (χ2v) is 7.09. The molecule has 28 heavy (non-hydrogen) atoms. The average Bonchev–Trinajstić information content (AvgIpc) is 2.72. The Morgan fingerprint density at radius 3 is 2.29 bits per heavy atom. The Kier molecular flexibility index (Phi) is 6.37. The van der Waals surface area contributed by atoms with E-state index in [1.807, 2.05) is 61.2 Å². The van der Waals surface area contributed by atoms with Crippen LogP contribution in [0.2, 0.25) is 0 Å². The summed E-state index contributed by atoms with van der Waals surface area (Å²) < 4.78 is 0. The van der Waals surface area contributed by atoms with E-state index in [0.29, 0.717) is 24.6 Å². The maximum absolute atomic E-state index is 13.0. The van der Waals surface area contributed by atoms with Crippen LogP contribution < -0.4 is 5.32 Å². The number of amides is 1. The van der Waals surface area contributed by atoms with Gasteiger partial charge < -0.3 is 10.2 Å². The number of anilines is 1. The number of carbonyl (C=O) groups is 1. The van der Waals surface area contributed by atoms with E-state index in [2.05, 4.69) is 34.3 Å². The lowest BCUT2D eigenvalue weighted by Crippen LogP contribution is -2.36.